The Morgan fingerprint density at radius 3 is 2.41 bits per heavy atom. The Bertz CT molecular complexity index is 364. The minimum atomic E-state index is -0.734. The molecule has 1 aromatic carbocycles. The van der Waals surface area contributed by atoms with Crippen LogP contribution in [0, 0.1) is 11.7 Å². The first kappa shape index (κ1) is 13.9. The molecule has 0 aliphatic heterocycles. The van der Waals surface area contributed by atoms with Crippen LogP contribution in [0.25, 0.3) is 0 Å². The minimum Gasteiger partial charge on any atom is -0.490 e. The molecule has 0 fully saturated rings. The Hall–Kier alpha value is -1.13. The van der Waals surface area contributed by atoms with Gasteiger partial charge < -0.3 is 14.9 Å². The molecule has 0 aliphatic rings. The molecule has 2 unspecified atom stereocenters. The molecular formula is C13H19FO3. The molecule has 0 aromatic heterocycles. The van der Waals surface area contributed by atoms with Crippen LogP contribution >= 0.6 is 0 Å². The number of ether oxygens (including phenoxy) is 1. The first-order valence-electron chi connectivity index (χ1n) is 5.70. The number of aliphatic hydroxyl groups excluding tert-OH is 2. The van der Waals surface area contributed by atoms with E-state index in [1.165, 1.54) is 18.2 Å². The van der Waals surface area contributed by atoms with Gasteiger partial charge in [-0.3, -0.25) is 0 Å². The van der Waals surface area contributed by atoms with Gasteiger partial charge in [-0.15, -0.1) is 0 Å². The summed E-state index contributed by atoms with van der Waals surface area (Å²) in [6, 6.07) is 3.97. The van der Waals surface area contributed by atoms with Crippen LogP contribution in [-0.2, 0) is 0 Å². The second kappa shape index (κ2) is 5.98. The van der Waals surface area contributed by atoms with Crippen molar-refractivity contribution in [2.24, 2.45) is 5.92 Å². The van der Waals surface area contributed by atoms with Crippen LogP contribution in [0.3, 0.4) is 0 Å². The van der Waals surface area contributed by atoms with E-state index in [0.29, 0.717) is 5.56 Å². The summed E-state index contributed by atoms with van der Waals surface area (Å²) in [5.41, 5.74) is 0.516. The lowest BCUT2D eigenvalue weighted by Gasteiger charge is -2.18. The van der Waals surface area contributed by atoms with Gasteiger partial charge in [-0.2, -0.15) is 0 Å². The van der Waals surface area contributed by atoms with Crippen molar-refractivity contribution in [1.29, 1.82) is 0 Å². The van der Waals surface area contributed by atoms with Crippen molar-refractivity contribution in [1.82, 2.24) is 0 Å². The molecule has 2 N–H and O–H groups in total. The predicted octanol–water partition coefficient (Wildman–Crippen LogP) is 2.27. The summed E-state index contributed by atoms with van der Waals surface area (Å²) in [7, 11) is 0. The summed E-state index contributed by atoms with van der Waals surface area (Å²) in [6.45, 7) is 5.41. The van der Waals surface area contributed by atoms with Crippen LogP contribution in [0.2, 0.25) is 0 Å². The summed E-state index contributed by atoms with van der Waals surface area (Å²) < 4.78 is 18.4. The van der Waals surface area contributed by atoms with Crippen molar-refractivity contribution in [3.05, 3.63) is 29.6 Å². The highest BCUT2D eigenvalue weighted by Gasteiger charge is 2.14. The van der Waals surface area contributed by atoms with E-state index in [4.69, 9.17) is 4.74 Å². The van der Waals surface area contributed by atoms with Crippen molar-refractivity contribution < 1.29 is 19.3 Å². The number of halogens is 1. The first-order valence-corrected chi connectivity index (χ1v) is 5.70. The van der Waals surface area contributed by atoms with Gasteiger partial charge in [0.1, 0.15) is 18.2 Å². The maximum atomic E-state index is 13.1. The largest absolute Gasteiger partial charge is 0.490 e. The van der Waals surface area contributed by atoms with E-state index in [-0.39, 0.29) is 18.3 Å². The van der Waals surface area contributed by atoms with Gasteiger partial charge in [0, 0.05) is 11.6 Å². The molecule has 0 aliphatic carbocycles. The molecule has 1 aromatic rings. The zero-order valence-corrected chi connectivity index (χ0v) is 10.4. The van der Waals surface area contributed by atoms with E-state index in [0.717, 1.165) is 0 Å². The lowest BCUT2D eigenvalue weighted by Crippen LogP contribution is -2.23. The predicted molar refractivity (Wildman–Crippen MR) is 63.4 cm³/mol. The summed E-state index contributed by atoms with van der Waals surface area (Å²) in [6.07, 6.45) is -1.35. The Kier molecular flexibility index (Phi) is 4.90. The molecule has 4 heteroatoms. The van der Waals surface area contributed by atoms with E-state index < -0.39 is 18.0 Å². The quantitative estimate of drug-likeness (QED) is 0.832. The van der Waals surface area contributed by atoms with Gasteiger partial charge in [0.2, 0.25) is 0 Å². The molecule has 0 radical (unpaired) electrons. The van der Waals surface area contributed by atoms with E-state index in [2.05, 4.69) is 0 Å². The van der Waals surface area contributed by atoms with Crippen molar-refractivity contribution in [2.45, 2.75) is 33.0 Å². The van der Waals surface area contributed by atoms with Crippen LogP contribution in [0.1, 0.15) is 32.4 Å². The molecule has 0 saturated carbocycles. The van der Waals surface area contributed by atoms with Crippen LogP contribution in [0.4, 0.5) is 4.39 Å². The fourth-order valence-corrected chi connectivity index (χ4v) is 1.35. The fraction of sp³-hybridized carbons (Fsp3) is 0.538. The smallest absolute Gasteiger partial charge is 0.128 e. The highest BCUT2D eigenvalue weighted by atomic mass is 19.1. The molecule has 0 saturated heterocycles. The van der Waals surface area contributed by atoms with Gasteiger partial charge in [0.15, 0.2) is 0 Å². The third-order valence-electron chi connectivity index (χ3n) is 2.60. The first-order chi connectivity index (χ1) is 7.91. The standard InChI is InChI=1S/C13H19FO3/c1-8(2)12(16)7-17-13-6-10(14)4-5-11(13)9(3)15/h4-6,8-9,12,15-16H,7H2,1-3H3. The average molecular weight is 242 g/mol. The maximum Gasteiger partial charge on any atom is 0.128 e. The molecule has 2 atom stereocenters. The zero-order chi connectivity index (χ0) is 13.0. The molecule has 17 heavy (non-hydrogen) atoms. The molecular weight excluding hydrogens is 223 g/mol. The van der Waals surface area contributed by atoms with E-state index in [1.54, 1.807) is 6.92 Å². The minimum absolute atomic E-state index is 0.0681. The van der Waals surface area contributed by atoms with Gasteiger partial charge in [-0.25, -0.2) is 4.39 Å². The SMILES string of the molecule is CC(O)c1ccc(F)cc1OCC(O)C(C)C. The van der Waals surface area contributed by atoms with E-state index in [9.17, 15) is 14.6 Å². The highest BCUT2D eigenvalue weighted by molar-refractivity contribution is 5.35. The Morgan fingerprint density at radius 1 is 1.24 bits per heavy atom. The van der Waals surface area contributed by atoms with Gasteiger partial charge in [-0.1, -0.05) is 13.8 Å². The van der Waals surface area contributed by atoms with Crippen molar-refractivity contribution >= 4 is 0 Å². The molecule has 0 spiro atoms. The third kappa shape index (κ3) is 3.98. The van der Waals surface area contributed by atoms with Crippen molar-refractivity contribution in [2.75, 3.05) is 6.61 Å². The summed E-state index contributed by atoms with van der Waals surface area (Å²) in [4.78, 5) is 0. The highest BCUT2D eigenvalue weighted by Crippen LogP contribution is 2.26. The second-order valence-corrected chi connectivity index (χ2v) is 4.48. The number of hydrogen-bond donors (Lipinski definition) is 2. The number of hydrogen-bond acceptors (Lipinski definition) is 3. The summed E-state index contributed by atoms with van der Waals surface area (Å²) >= 11 is 0. The summed E-state index contributed by atoms with van der Waals surface area (Å²) in [5, 5.41) is 19.1. The van der Waals surface area contributed by atoms with Crippen LogP contribution in [0.5, 0.6) is 5.75 Å². The molecule has 0 amide bonds. The van der Waals surface area contributed by atoms with Gasteiger partial charge in [-0.05, 0) is 25.0 Å². The average Bonchev–Trinajstić information content (AvgIpc) is 2.25. The summed E-state index contributed by atoms with van der Waals surface area (Å²) in [5.74, 6) is -0.0818. The lowest BCUT2D eigenvalue weighted by molar-refractivity contribution is 0.0681. The molecule has 96 valence electrons. The van der Waals surface area contributed by atoms with Gasteiger partial charge in [0.05, 0.1) is 12.2 Å². The number of benzene rings is 1. The fourth-order valence-electron chi connectivity index (χ4n) is 1.35. The van der Waals surface area contributed by atoms with E-state index in [1.807, 2.05) is 13.8 Å². The third-order valence-corrected chi connectivity index (χ3v) is 2.60. The molecule has 3 nitrogen and oxygen atoms in total. The van der Waals surface area contributed by atoms with Crippen molar-refractivity contribution in [3.63, 3.8) is 0 Å². The Morgan fingerprint density at radius 2 is 1.88 bits per heavy atom. The topological polar surface area (TPSA) is 49.7 Å². The lowest BCUT2D eigenvalue weighted by atomic mass is 10.1. The maximum absolute atomic E-state index is 13.1. The Labute approximate surface area is 101 Å². The normalized spacial score (nSPS) is 14.8. The zero-order valence-electron chi connectivity index (χ0n) is 10.4. The molecule has 0 heterocycles. The van der Waals surface area contributed by atoms with Crippen LogP contribution < -0.4 is 4.74 Å². The van der Waals surface area contributed by atoms with Gasteiger partial charge in [0.25, 0.3) is 0 Å². The molecule has 1 rings (SSSR count). The molecule has 0 bridgehead atoms. The van der Waals surface area contributed by atoms with E-state index >= 15 is 0 Å². The monoisotopic (exact) mass is 242 g/mol. The Balaban J connectivity index is 2.78. The second-order valence-electron chi connectivity index (χ2n) is 4.48. The number of aliphatic hydroxyl groups is 2. The van der Waals surface area contributed by atoms with Crippen LogP contribution in [0.15, 0.2) is 18.2 Å². The van der Waals surface area contributed by atoms with Crippen LogP contribution in [-0.4, -0.2) is 22.9 Å². The number of rotatable bonds is 5. The van der Waals surface area contributed by atoms with Crippen molar-refractivity contribution in [3.8, 4) is 5.75 Å². The van der Waals surface area contributed by atoms with Gasteiger partial charge >= 0.3 is 0 Å².